The van der Waals surface area contributed by atoms with Crippen LogP contribution in [0.3, 0.4) is 0 Å². The number of hydrogen-bond donors (Lipinski definition) is 3. The highest BCUT2D eigenvalue weighted by atomic mass is 16.5. The second-order valence-electron chi connectivity index (χ2n) is 5.82. The van der Waals surface area contributed by atoms with Crippen molar-refractivity contribution in [1.82, 2.24) is 5.32 Å². The minimum absolute atomic E-state index is 0.0253. The van der Waals surface area contributed by atoms with Crippen molar-refractivity contribution in [1.29, 1.82) is 0 Å². The number of benzene rings is 1. The summed E-state index contributed by atoms with van der Waals surface area (Å²) in [6, 6.07) is 7.03. The first kappa shape index (κ1) is 17.7. The van der Waals surface area contributed by atoms with Gasteiger partial charge in [0, 0.05) is 13.0 Å². The van der Waals surface area contributed by atoms with E-state index >= 15 is 0 Å². The van der Waals surface area contributed by atoms with Crippen LogP contribution in [-0.4, -0.2) is 52.8 Å². The van der Waals surface area contributed by atoms with Gasteiger partial charge in [-0.3, -0.25) is 9.59 Å². The summed E-state index contributed by atoms with van der Waals surface area (Å²) in [5.74, 6) is -1.56. The van der Waals surface area contributed by atoms with E-state index in [2.05, 4.69) is 5.32 Å². The molecule has 1 aliphatic rings. The normalized spacial score (nSPS) is 19.0. The Morgan fingerprint density at radius 2 is 2.04 bits per heavy atom. The van der Waals surface area contributed by atoms with Crippen LogP contribution in [0.2, 0.25) is 0 Å². The second kappa shape index (κ2) is 6.88. The topological polar surface area (TPSA) is 116 Å². The molecular weight excluding hydrogens is 316 g/mol. The molecule has 130 valence electrons. The zero-order valence-electron chi connectivity index (χ0n) is 13.5. The van der Waals surface area contributed by atoms with Crippen LogP contribution in [-0.2, 0) is 14.4 Å². The van der Waals surface area contributed by atoms with Crippen LogP contribution in [0, 0.1) is 0 Å². The Morgan fingerprint density at radius 1 is 1.38 bits per heavy atom. The summed E-state index contributed by atoms with van der Waals surface area (Å²) in [5.41, 5.74) is -1.45. The molecular formula is C16H20N2O6. The molecule has 8 nitrogen and oxygen atoms in total. The predicted octanol–water partition coefficient (Wildman–Crippen LogP) is 0.142. The van der Waals surface area contributed by atoms with E-state index in [0.29, 0.717) is 11.4 Å². The van der Waals surface area contributed by atoms with Crippen molar-refractivity contribution in [2.75, 3.05) is 18.0 Å². The number of ether oxygens (including phenoxy) is 1. The molecule has 2 rings (SSSR count). The van der Waals surface area contributed by atoms with Crippen molar-refractivity contribution in [2.24, 2.45) is 0 Å². The highest BCUT2D eigenvalue weighted by molar-refractivity contribution is 6.00. The van der Waals surface area contributed by atoms with Crippen molar-refractivity contribution in [3.8, 4) is 5.75 Å². The Morgan fingerprint density at radius 3 is 2.71 bits per heavy atom. The Labute approximate surface area is 139 Å². The minimum atomic E-state index is -2.04. The van der Waals surface area contributed by atoms with Crippen molar-refractivity contribution >= 4 is 23.5 Å². The molecule has 0 saturated heterocycles. The molecule has 1 aromatic carbocycles. The van der Waals surface area contributed by atoms with Gasteiger partial charge in [0.2, 0.25) is 5.91 Å². The fraction of sp³-hybridized carbons (Fsp3) is 0.438. The molecule has 0 fully saturated rings. The zero-order valence-corrected chi connectivity index (χ0v) is 13.5. The van der Waals surface area contributed by atoms with E-state index in [0.717, 1.165) is 6.92 Å². The largest absolute Gasteiger partial charge is 0.479 e. The Kier molecular flexibility index (Phi) is 5.08. The van der Waals surface area contributed by atoms with Gasteiger partial charge in [0.05, 0.1) is 12.2 Å². The lowest BCUT2D eigenvalue weighted by atomic mass is 10.1. The molecule has 0 spiro atoms. The highest BCUT2D eigenvalue weighted by Crippen LogP contribution is 2.33. The number of nitrogens with zero attached hydrogens (tertiary/aromatic N) is 1. The van der Waals surface area contributed by atoms with Crippen molar-refractivity contribution < 1.29 is 29.3 Å². The van der Waals surface area contributed by atoms with Crippen LogP contribution in [0.25, 0.3) is 0 Å². The summed E-state index contributed by atoms with van der Waals surface area (Å²) < 4.78 is 5.51. The number of carbonyl (C=O) groups is 3. The van der Waals surface area contributed by atoms with Crippen molar-refractivity contribution in [2.45, 2.75) is 32.0 Å². The number of carboxylic acids is 1. The molecule has 2 unspecified atom stereocenters. The van der Waals surface area contributed by atoms with E-state index in [1.165, 1.54) is 4.90 Å². The molecule has 8 heteroatoms. The summed E-state index contributed by atoms with van der Waals surface area (Å²) >= 11 is 0. The maximum Gasteiger partial charge on any atom is 0.337 e. The third kappa shape index (κ3) is 3.83. The molecule has 0 bridgehead atoms. The zero-order chi connectivity index (χ0) is 17.9. The molecule has 2 atom stereocenters. The lowest BCUT2D eigenvalue weighted by Gasteiger charge is -2.32. The second-order valence-corrected chi connectivity index (χ2v) is 5.82. The van der Waals surface area contributed by atoms with Gasteiger partial charge in [-0.05, 0) is 26.0 Å². The lowest BCUT2D eigenvalue weighted by Crippen LogP contribution is -2.48. The summed E-state index contributed by atoms with van der Waals surface area (Å²) in [7, 11) is 0. The summed E-state index contributed by atoms with van der Waals surface area (Å²) in [5, 5.41) is 20.7. The smallest absolute Gasteiger partial charge is 0.337 e. The Hall–Kier alpha value is -2.61. The van der Waals surface area contributed by atoms with Crippen LogP contribution in [0.4, 0.5) is 5.69 Å². The van der Waals surface area contributed by atoms with E-state index in [9.17, 15) is 19.5 Å². The molecule has 1 aliphatic heterocycles. The number of hydrogen-bond acceptors (Lipinski definition) is 5. The van der Waals surface area contributed by atoms with Crippen molar-refractivity contribution in [3.63, 3.8) is 0 Å². The molecule has 0 aliphatic carbocycles. The molecule has 24 heavy (non-hydrogen) atoms. The van der Waals surface area contributed by atoms with E-state index in [1.807, 2.05) is 0 Å². The Balaban J connectivity index is 1.97. The number of anilines is 1. The monoisotopic (exact) mass is 336 g/mol. The van der Waals surface area contributed by atoms with Crippen LogP contribution >= 0.6 is 0 Å². The summed E-state index contributed by atoms with van der Waals surface area (Å²) in [6.45, 7) is 2.45. The third-order valence-corrected chi connectivity index (χ3v) is 3.73. The number of aliphatic hydroxyl groups is 1. The van der Waals surface area contributed by atoms with Gasteiger partial charge in [-0.2, -0.15) is 0 Å². The number of para-hydroxylation sites is 2. The first-order valence-electron chi connectivity index (χ1n) is 7.52. The highest BCUT2D eigenvalue weighted by Gasteiger charge is 2.32. The standard InChI is InChI=1S/C16H20N2O6/c1-10-14(20)18(11-5-3-4-6-12(11)24-10)8-7-13(19)17-9-16(2,23)15(21)22/h3-6,10,23H,7-9H2,1-2H3,(H,17,19)(H,21,22). The third-order valence-electron chi connectivity index (χ3n) is 3.73. The predicted molar refractivity (Wildman–Crippen MR) is 84.8 cm³/mol. The van der Waals surface area contributed by atoms with Crippen LogP contribution < -0.4 is 15.0 Å². The van der Waals surface area contributed by atoms with Gasteiger partial charge < -0.3 is 25.2 Å². The minimum Gasteiger partial charge on any atom is -0.479 e. The summed E-state index contributed by atoms with van der Waals surface area (Å²) in [6.07, 6.45) is -0.668. The molecule has 3 N–H and O–H groups in total. The molecule has 0 radical (unpaired) electrons. The van der Waals surface area contributed by atoms with Gasteiger partial charge in [0.1, 0.15) is 5.75 Å². The van der Waals surface area contributed by atoms with Gasteiger partial charge in [0.25, 0.3) is 5.91 Å². The quantitative estimate of drug-likeness (QED) is 0.680. The van der Waals surface area contributed by atoms with Crippen LogP contribution in [0.5, 0.6) is 5.75 Å². The van der Waals surface area contributed by atoms with Crippen LogP contribution in [0.1, 0.15) is 20.3 Å². The Bertz CT molecular complexity index is 658. The average molecular weight is 336 g/mol. The van der Waals surface area contributed by atoms with E-state index < -0.39 is 30.1 Å². The van der Waals surface area contributed by atoms with Gasteiger partial charge in [0.15, 0.2) is 11.7 Å². The SMILES string of the molecule is CC1Oc2ccccc2N(CCC(=O)NCC(C)(O)C(=O)O)C1=O. The molecule has 0 aromatic heterocycles. The molecule has 0 saturated carbocycles. The number of nitrogens with one attached hydrogen (secondary N) is 1. The van der Waals surface area contributed by atoms with E-state index in [4.69, 9.17) is 9.84 Å². The fourth-order valence-electron chi connectivity index (χ4n) is 2.24. The van der Waals surface area contributed by atoms with Crippen LogP contribution in [0.15, 0.2) is 24.3 Å². The van der Waals surface area contributed by atoms with Crippen molar-refractivity contribution in [3.05, 3.63) is 24.3 Å². The van der Waals surface area contributed by atoms with Gasteiger partial charge >= 0.3 is 5.97 Å². The number of fused-ring (bicyclic) bond motifs is 1. The molecule has 1 heterocycles. The number of carbonyl (C=O) groups excluding carboxylic acids is 2. The van der Waals surface area contributed by atoms with Gasteiger partial charge in [-0.1, -0.05) is 12.1 Å². The first-order valence-corrected chi connectivity index (χ1v) is 7.52. The van der Waals surface area contributed by atoms with E-state index in [-0.39, 0.29) is 18.9 Å². The number of amides is 2. The maximum atomic E-state index is 12.3. The average Bonchev–Trinajstić information content (AvgIpc) is 2.53. The first-order chi connectivity index (χ1) is 11.2. The molecule has 2 amide bonds. The molecule has 1 aromatic rings. The number of rotatable bonds is 6. The fourth-order valence-corrected chi connectivity index (χ4v) is 2.24. The maximum absolute atomic E-state index is 12.3. The lowest BCUT2D eigenvalue weighted by molar-refractivity contribution is -0.156. The summed E-state index contributed by atoms with van der Waals surface area (Å²) in [4.78, 5) is 36.4. The number of aliphatic carboxylic acids is 1. The van der Waals surface area contributed by atoms with Gasteiger partial charge in [-0.25, -0.2) is 4.79 Å². The van der Waals surface area contributed by atoms with E-state index in [1.54, 1.807) is 31.2 Å². The number of carboxylic acid groups (broad SMARTS) is 1. The van der Waals surface area contributed by atoms with Gasteiger partial charge in [-0.15, -0.1) is 0 Å².